The van der Waals surface area contributed by atoms with Crippen molar-refractivity contribution in [1.29, 1.82) is 0 Å². The second-order valence-electron chi connectivity index (χ2n) is 7.10. The zero-order chi connectivity index (χ0) is 16.6. The molecule has 1 aliphatic heterocycles. The molecule has 2 amide bonds. The van der Waals surface area contributed by atoms with Crippen LogP contribution in [0.15, 0.2) is 36.5 Å². The van der Waals surface area contributed by atoms with E-state index >= 15 is 0 Å². The number of benzene rings is 1. The number of anilines is 1. The van der Waals surface area contributed by atoms with Gasteiger partial charge in [0.1, 0.15) is 5.92 Å². The lowest BCUT2D eigenvalue weighted by molar-refractivity contribution is -0.132. The maximum atomic E-state index is 12.6. The van der Waals surface area contributed by atoms with E-state index in [4.69, 9.17) is 0 Å². The zero-order valence-corrected chi connectivity index (χ0v) is 13.6. The Morgan fingerprint density at radius 2 is 2.09 bits per heavy atom. The smallest absolute Gasteiger partial charge is 0.237 e. The van der Waals surface area contributed by atoms with Crippen LogP contribution in [-0.4, -0.2) is 23.3 Å². The number of pyridine rings is 1. The van der Waals surface area contributed by atoms with Crippen LogP contribution in [0.1, 0.15) is 20.8 Å². The van der Waals surface area contributed by atoms with Crippen molar-refractivity contribution in [2.24, 2.45) is 17.3 Å². The first-order chi connectivity index (χ1) is 10.9. The SMILES string of the molecule is CC(C)(C)[C@H]1CNC(=O)[C@@H]1C(=O)Nc1ccc2ncccc2c1. The summed E-state index contributed by atoms with van der Waals surface area (Å²) in [5.74, 6) is -1.11. The fraction of sp³-hybridized carbons (Fsp3) is 0.389. The lowest BCUT2D eigenvalue weighted by Crippen LogP contribution is -2.37. The largest absolute Gasteiger partial charge is 0.355 e. The Morgan fingerprint density at radius 1 is 1.30 bits per heavy atom. The number of nitrogens with one attached hydrogen (secondary N) is 2. The quantitative estimate of drug-likeness (QED) is 0.837. The molecule has 3 rings (SSSR count). The molecule has 1 fully saturated rings. The number of hydrogen-bond donors (Lipinski definition) is 2. The first kappa shape index (κ1) is 15.5. The Hall–Kier alpha value is -2.43. The van der Waals surface area contributed by atoms with Crippen molar-refractivity contribution in [2.45, 2.75) is 20.8 Å². The molecule has 5 heteroatoms. The summed E-state index contributed by atoms with van der Waals surface area (Å²) in [6.07, 6.45) is 1.73. The van der Waals surface area contributed by atoms with Gasteiger partial charge in [-0.2, -0.15) is 0 Å². The van der Waals surface area contributed by atoms with Crippen LogP contribution in [0.5, 0.6) is 0 Å². The monoisotopic (exact) mass is 311 g/mol. The highest BCUT2D eigenvalue weighted by molar-refractivity contribution is 6.08. The zero-order valence-electron chi connectivity index (χ0n) is 13.6. The molecule has 2 aromatic rings. The lowest BCUT2D eigenvalue weighted by atomic mass is 9.74. The topological polar surface area (TPSA) is 71.1 Å². The number of hydrogen-bond acceptors (Lipinski definition) is 3. The van der Waals surface area contributed by atoms with E-state index in [0.29, 0.717) is 12.2 Å². The van der Waals surface area contributed by atoms with Gasteiger partial charge < -0.3 is 10.6 Å². The molecular formula is C18H21N3O2. The van der Waals surface area contributed by atoms with Gasteiger partial charge in [-0.05, 0) is 29.7 Å². The number of carbonyl (C=O) groups is 2. The molecule has 0 spiro atoms. The highest BCUT2D eigenvalue weighted by Gasteiger charge is 2.45. The van der Waals surface area contributed by atoms with E-state index in [1.54, 1.807) is 6.20 Å². The molecule has 5 nitrogen and oxygen atoms in total. The van der Waals surface area contributed by atoms with E-state index in [0.717, 1.165) is 10.9 Å². The summed E-state index contributed by atoms with van der Waals surface area (Å²) < 4.78 is 0. The first-order valence-electron chi connectivity index (χ1n) is 7.79. The van der Waals surface area contributed by atoms with Crippen molar-refractivity contribution in [3.05, 3.63) is 36.5 Å². The van der Waals surface area contributed by atoms with Gasteiger partial charge in [0.25, 0.3) is 0 Å². The van der Waals surface area contributed by atoms with Gasteiger partial charge in [0, 0.05) is 29.7 Å². The minimum Gasteiger partial charge on any atom is -0.355 e. The van der Waals surface area contributed by atoms with E-state index in [1.165, 1.54) is 0 Å². The average molecular weight is 311 g/mol. The van der Waals surface area contributed by atoms with Crippen molar-refractivity contribution in [1.82, 2.24) is 10.3 Å². The Morgan fingerprint density at radius 3 is 2.83 bits per heavy atom. The number of amides is 2. The predicted octanol–water partition coefficient (Wildman–Crippen LogP) is 2.58. The molecule has 2 heterocycles. The van der Waals surface area contributed by atoms with Gasteiger partial charge in [-0.1, -0.05) is 26.8 Å². The maximum absolute atomic E-state index is 12.6. The van der Waals surface area contributed by atoms with Gasteiger partial charge in [0.2, 0.25) is 11.8 Å². The van der Waals surface area contributed by atoms with E-state index in [2.05, 4.69) is 36.4 Å². The third kappa shape index (κ3) is 3.04. The van der Waals surface area contributed by atoms with Gasteiger partial charge in [0.15, 0.2) is 0 Å². The average Bonchev–Trinajstić information content (AvgIpc) is 2.89. The molecule has 1 aliphatic rings. The van der Waals surface area contributed by atoms with Gasteiger partial charge in [0.05, 0.1) is 5.52 Å². The molecule has 0 aliphatic carbocycles. The number of nitrogens with zero attached hydrogens (tertiary/aromatic N) is 1. The van der Waals surface area contributed by atoms with Crippen LogP contribution in [0.25, 0.3) is 10.9 Å². The summed E-state index contributed by atoms with van der Waals surface area (Å²) >= 11 is 0. The predicted molar refractivity (Wildman–Crippen MR) is 89.8 cm³/mol. The normalized spacial score (nSPS) is 21.3. The maximum Gasteiger partial charge on any atom is 0.237 e. The molecule has 2 atom stereocenters. The molecule has 0 bridgehead atoms. The highest BCUT2D eigenvalue weighted by atomic mass is 16.2. The van der Waals surface area contributed by atoms with Crippen molar-refractivity contribution in [2.75, 3.05) is 11.9 Å². The Labute approximate surface area is 135 Å². The fourth-order valence-corrected chi connectivity index (χ4v) is 3.10. The molecule has 120 valence electrons. The number of carbonyl (C=O) groups excluding carboxylic acids is 2. The summed E-state index contributed by atoms with van der Waals surface area (Å²) in [6.45, 7) is 6.71. The molecule has 2 N–H and O–H groups in total. The lowest BCUT2D eigenvalue weighted by Gasteiger charge is -2.29. The highest BCUT2D eigenvalue weighted by Crippen LogP contribution is 2.35. The minimum atomic E-state index is -0.653. The van der Waals surface area contributed by atoms with E-state index in [1.807, 2.05) is 30.3 Å². The van der Waals surface area contributed by atoms with E-state index < -0.39 is 5.92 Å². The van der Waals surface area contributed by atoms with Crippen LogP contribution >= 0.6 is 0 Å². The summed E-state index contributed by atoms with van der Waals surface area (Å²) in [7, 11) is 0. The van der Waals surface area contributed by atoms with Crippen LogP contribution < -0.4 is 10.6 Å². The summed E-state index contributed by atoms with van der Waals surface area (Å²) in [6, 6.07) is 9.35. The molecule has 0 unspecified atom stereocenters. The van der Waals surface area contributed by atoms with Crippen molar-refractivity contribution >= 4 is 28.4 Å². The van der Waals surface area contributed by atoms with Gasteiger partial charge in [-0.25, -0.2) is 0 Å². The molecule has 1 aromatic carbocycles. The van der Waals surface area contributed by atoms with Crippen LogP contribution in [0, 0.1) is 17.3 Å². The fourth-order valence-electron chi connectivity index (χ4n) is 3.10. The molecule has 0 saturated carbocycles. The molecule has 1 saturated heterocycles. The van der Waals surface area contributed by atoms with E-state index in [9.17, 15) is 9.59 Å². The van der Waals surface area contributed by atoms with Crippen LogP contribution in [-0.2, 0) is 9.59 Å². The molecular weight excluding hydrogens is 290 g/mol. The molecule has 0 radical (unpaired) electrons. The Balaban J connectivity index is 1.83. The summed E-state index contributed by atoms with van der Waals surface area (Å²) in [4.78, 5) is 29.0. The summed E-state index contributed by atoms with van der Waals surface area (Å²) in [5.41, 5.74) is 1.44. The molecule has 1 aromatic heterocycles. The second kappa shape index (κ2) is 5.65. The van der Waals surface area contributed by atoms with Crippen molar-refractivity contribution < 1.29 is 9.59 Å². The van der Waals surface area contributed by atoms with Crippen molar-refractivity contribution in [3.63, 3.8) is 0 Å². The minimum absolute atomic E-state index is 0.0166. The number of rotatable bonds is 2. The van der Waals surface area contributed by atoms with Gasteiger partial charge in [-0.3, -0.25) is 14.6 Å². The standard InChI is InChI=1S/C18H21N3O2/c1-18(2,3)13-10-20-16(22)15(13)17(23)21-12-6-7-14-11(9-12)5-4-8-19-14/h4-9,13,15H,10H2,1-3H3,(H,20,22)(H,21,23)/t13-,15+/m0/s1. The van der Waals surface area contributed by atoms with Crippen LogP contribution in [0.3, 0.4) is 0 Å². The third-order valence-electron chi connectivity index (χ3n) is 4.45. The second-order valence-corrected chi connectivity index (χ2v) is 7.10. The number of aromatic nitrogens is 1. The van der Waals surface area contributed by atoms with Crippen LogP contribution in [0.4, 0.5) is 5.69 Å². The van der Waals surface area contributed by atoms with Gasteiger partial charge in [-0.15, -0.1) is 0 Å². The Bertz CT molecular complexity index is 764. The number of fused-ring (bicyclic) bond motifs is 1. The Kier molecular flexibility index (Phi) is 3.80. The van der Waals surface area contributed by atoms with E-state index in [-0.39, 0.29) is 23.1 Å². The first-order valence-corrected chi connectivity index (χ1v) is 7.79. The summed E-state index contributed by atoms with van der Waals surface area (Å²) in [5, 5.41) is 6.65. The van der Waals surface area contributed by atoms with Gasteiger partial charge >= 0.3 is 0 Å². The van der Waals surface area contributed by atoms with Crippen molar-refractivity contribution in [3.8, 4) is 0 Å². The third-order valence-corrected chi connectivity index (χ3v) is 4.45. The molecule has 23 heavy (non-hydrogen) atoms. The van der Waals surface area contributed by atoms with Crippen LogP contribution in [0.2, 0.25) is 0 Å².